The van der Waals surface area contributed by atoms with Gasteiger partial charge in [0.05, 0.1) is 17.9 Å². The second-order valence-electron chi connectivity index (χ2n) is 3.92. The van der Waals surface area contributed by atoms with E-state index in [1.807, 2.05) is 20.8 Å². The molecule has 0 aliphatic carbocycles. The first-order valence-electron chi connectivity index (χ1n) is 5.57. The second kappa shape index (κ2) is 6.45. The number of aliphatic hydroxyl groups is 1. The van der Waals surface area contributed by atoms with Gasteiger partial charge in [-0.25, -0.2) is 13.1 Å². The van der Waals surface area contributed by atoms with E-state index in [1.165, 1.54) is 0 Å². The Hall–Kier alpha value is -0.130. The predicted octanol–water partition coefficient (Wildman–Crippen LogP) is 1.26. The van der Waals surface area contributed by atoms with Gasteiger partial charge in [0.1, 0.15) is 0 Å². The second-order valence-corrected chi connectivity index (χ2v) is 5.76. The average molecular weight is 237 g/mol. The lowest BCUT2D eigenvalue weighted by molar-refractivity contribution is 0.172. The van der Waals surface area contributed by atoms with Gasteiger partial charge in [-0.05, 0) is 19.3 Å². The lowest BCUT2D eigenvalue weighted by Crippen LogP contribution is -2.51. The highest BCUT2D eigenvalue weighted by atomic mass is 32.2. The standard InChI is InChI=1S/C10H23NO3S/c1-4-7-8-15(13,14)11-10(5-2,6-3)9-12/h11-12H,4-9H2,1-3H3. The summed E-state index contributed by atoms with van der Waals surface area (Å²) in [4.78, 5) is 0. The fourth-order valence-electron chi connectivity index (χ4n) is 1.37. The molecule has 2 N–H and O–H groups in total. The van der Waals surface area contributed by atoms with Crippen LogP contribution in [0.2, 0.25) is 0 Å². The maximum absolute atomic E-state index is 11.7. The Bertz CT molecular complexity index is 250. The Morgan fingerprint density at radius 1 is 1.20 bits per heavy atom. The third-order valence-electron chi connectivity index (χ3n) is 2.79. The van der Waals surface area contributed by atoms with Gasteiger partial charge >= 0.3 is 0 Å². The summed E-state index contributed by atoms with van der Waals surface area (Å²) in [6.07, 6.45) is 2.71. The highest BCUT2D eigenvalue weighted by Crippen LogP contribution is 2.15. The van der Waals surface area contributed by atoms with Crippen LogP contribution in [0.5, 0.6) is 0 Å². The van der Waals surface area contributed by atoms with Crippen molar-refractivity contribution in [3.63, 3.8) is 0 Å². The summed E-state index contributed by atoms with van der Waals surface area (Å²) in [5, 5.41) is 9.24. The van der Waals surface area contributed by atoms with Gasteiger partial charge in [-0.1, -0.05) is 27.2 Å². The quantitative estimate of drug-likeness (QED) is 0.668. The van der Waals surface area contributed by atoms with Crippen LogP contribution in [0.4, 0.5) is 0 Å². The van der Waals surface area contributed by atoms with E-state index in [2.05, 4.69) is 4.72 Å². The zero-order valence-electron chi connectivity index (χ0n) is 9.91. The summed E-state index contributed by atoms with van der Waals surface area (Å²) in [5.74, 6) is 0.144. The van der Waals surface area contributed by atoms with Gasteiger partial charge in [-0.15, -0.1) is 0 Å². The SMILES string of the molecule is CCCCS(=O)(=O)NC(CC)(CC)CO. The van der Waals surface area contributed by atoms with Crippen LogP contribution in [0.25, 0.3) is 0 Å². The molecular weight excluding hydrogens is 214 g/mol. The third-order valence-corrected chi connectivity index (χ3v) is 4.36. The summed E-state index contributed by atoms with van der Waals surface area (Å²) in [5.41, 5.74) is -0.674. The van der Waals surface area contributed by atoms with E-state index in [-0.39, 0.29) is 12.4 Å². The zero-order chi connectivity index (χ0) is 11.9. The number of rotatable bonds is 8. The highest BCUT2D eigenvalue weighted by molar-refractivity contribution is 7.89. The van der Waals surface area contributed by atoms with E-state index < -0.39 is 15.6 Å². The number of hydrogen-bond acceptors (Lipinski definition) is 3. The van der Waals surface area contributed by atoms with E-state index in [1.54, 1.807) is 0 Å². The largest absolute Gasteiger partial charge is 0.394 e. The molecule has 0 bridgehead atoms. The summed E-state index contributed by atoms with van der Waals surface area (Å²) >= 11 is 0. The topological polar surface area (TPSA) is 66.4 Å². The van der Waals surface area contributed by atoms with Crippen molar-refractivity contribution in [2.24, 2.45) is 0 Å². The smallest absolute Gasteiger partial charge is 0.212 e. The molecule has 4 nitrogen and oxygen atoms in total. The van der Waals surface area contributed by atoms with E-state index in [4.69, 9.17) is 0 Å². The molecule has 0 saturated heterocycles. The minimum Gasteiger partial charge on any atom is -0.394 e. The monoisotopic (exact) mass is 237 g/mol. The maximum atomic E-state index is 11.7. The molecule has 0 aliphatic heterocycles. The predicted molar refractivity (Wildman–Crippen MR) is 62.2 cm³/mol. The van der Waals surface area contributed by atoms with Crippen molar-refractivity contribution in [1.82, 2.24) is 4.72 Å². The first-order valence-corrected chi connectivity index (χ1v) is 7.23. The van der Waals surface area contributed by atoms with Crippen molar-refractivity contribution in [3.05, 3.63) is 0 Å². The molecule has 0 fully saturated rings. The van der Waals surface area contributed by atoms with Crippen molar-refractivity contribution in [3.8, 4) is 0 Å². The molecule has 0 amide bonds. The molecule has 0 aromatic heterocycles. The van der Waals surface area contributed by atoms with Crippen LogP contribution in [-0.2, 0) is 10.0 Å². The molecule has 0 rings (SSSR count). The van der Waals surface area contributed by atoms with Gasteiger partial charge in [-0.2, -0.15) is 0 Å². The fraction of sp³-hybridized carbons (Fsp3) is 1.00. The molecule has 0 radical (unpaired) electrons. The lowest BCUT2D eigenvalue weighted by Gasteiger charge is -2.30. The fourth-order valence-corrected chi connectivity index (χ4v) is 3.15. The summed E-state index contributed by atoms with van der Waals surface area (Å²) in [6.45, 7) is 5.56. The summed E-state index contributed by atoms with van der Waals surface area (Å²) < 4.78 is 25.9. The molecule has 0 aliphatic rings. The van der Waals surface area contributed by atoms with Gasteiger partial charge in [0.15, 0.2) is 0 Å². The van der Waals surface area contributed by atoms with E-state index in [9.17, 15) is 13.5 Å². The first kappa shape index (κ1) is 14.9. The minimum atomic E-state index is -3.25. The van der Waals surface area contributed by atoms with Crippen LogP contribution in [0.1, 0.15) is 46.5 Å². The van der Waals surface area contributed by atoms with Crippen molar-refractivity contribution < 1.29 is 13.5 Å². The van der Waals surface area contributed by atoms with E-state index in [0.717, 1.165) is 6.42 Å². The van der Waals surface area contributed by atoms with Crippen LogP contribution in [-0.4, -0.2) is 31.4 Å². The van der Waals surface area contributed by atoms with E-state index in [0.29, 0.717) is 19.3 Å². The highest BCUT2D eigenvalue weighted by Gasteiger charge is 2.29. The Kier molecular flexibility index (Phi) is 6.40. The molecule has 0 aromatic carbocycles. The molecule has 5 heteroatoms. The number of unbranched alkanes of at least 4 members (excludes halogenated alkanes) is 1. The van der Waals surface area contributed by atoms with Gasteiger partial charge in [0.2, 0.25) is 10.0 Å². The van der Waals surface area contributed by atoms with E-state index >= 15 is 0 Å². The van der Waals surface area contributed by atoms with Crippen LogP contribution in [0.3, 0.4) is 0 Å². The Morgan fingerprint density at radius 3 is 2.07 bits per heavy atom. The molecule has 92 valence electrons. The van der Waals surface area contributed by atoms with Crippen molar-refractivity contribution in [1.29, 1.82) is 0 Å². The average Bonchev–Trinajstić information content (AvgIpc) is 2.23. The minimum absolute atomic E-state index is 0.144. The number of hydrogen-bond donors (Lipinski definition) is 2. The normalized spacial score (nSPS) is 13.1. The van der Waals surface area contributed by atoms with Gasteiger partial charge in [0.25, 0.3) is 0 Å². The molecule has 0 unspecified atom stereocenters. The molecule has 0 atom stereocenters. The van der Waals surface area contributed by atoms with Crippen LogP contribution in [0.15, 0.2) is 0 Å². The lowest BCUT2D eigenvalue weighted by atomic mass is 9.96. The summed E-state index contributed by atoms with van der Waals surface area (Å²) in [6, 6.07) is 0. The molecule has 0 heterocycles. The molecule has 0 saturated carbocycles. The van der Waals surface area contributed by atoms with Crippen LogP contribution in [0, 0.1) is 0 Å². The van der Waals surface area contributed by atoms with Crippen molar-refractivity contribution in [2.45, 2.75) is 52.0 Å². The zero-order valence-corrected chi connectivity index (χ0v) is 10.7. The Balaban J connectivity index is 4.52. The van der Waals surface area contributed by atoms with Crippen molar-refractivity contribution >= 4 is 10.0 Å². The molecule has 0 spiro atoms. The van der Waals surface area contributed by atoms with Crippen LogP contribution < -0.4 is 4.72 Å². The molecule has 15 heavy (non-hydrogen) atoms. The first-order chi connectivity index (χ1) is 6.95. The molecule has 0 aromatic rings. The molecular formula is C10H23NO3S. The van der Waals surface area contributed by atoms with Gasteiger partial charge in [0, 0.05) is 0 Å². The van der Waals surface area contributed by atoms with Gasteiger partial charge < -0.3 is 5.11 Å². The van der Waals surface area contributed by atoms with Crippen LogP contribution >= 0.6 is 0 Å². The van der Waals surface area contributed by atoms with Crippen molar-refractivity contribution in [2.75, 3.05) is 12.4 Å². The number of aliphatic hydroxyl groups excluding tert-OH is 1. The third kappa shape index (κ3) is 4.95. The number of sulfonamides is 1. The maximum Gasteiger partial charge on any atom is 0.212 e. The Labute approximate surface area is 93.1 Å². The summed E-state index contributed by atoms with van der Waals surface area (Å²) in [7, 11) is -3.25. The number of nitrogens with one attached hydrogen (secondary N) is 1. The van der Waals surface area contributed by atoms with Gasteiger partial charge in [-0.3, -0.25) is 0 Å². The Morgan fingerprint density at radius 2 is 1.73 bits per heavy atom.